The molecule has 0 amide bonds. The first-order chi connectivity index (χ1) is 16.8. The number of halogens is 1. The number of rotatable bonds is 7. The molecule has 2 heterocycles. The van der Waals surface area contributed by atoms with E-state index in [1.54, 1.807) is 22.8 Å². The fourth-order valence-corrected chi connectivity index (χ4v) is 5.89. The van der Waals surface area contributed by atoms with E-state index in [9.17, 15) is 13.2 Å². The van der Waals surface area contributed by atoms with E-state index in [0.29, 0.717) is 27.6 Å². The standard InChI is InChI=1S/C24H19ClN4O4S2/c1-28(15-22-26-23(27-33-22)17-5-3-2-4-6-17)35(31,32)19-11-12-20-21(13-19)34-24(30)29(20)14-16-7-9-18(25)10-8-16/h2-13H,14-15H2,1H3. The predicted molar refractivity (Wildman–Crippen MR) is 135 cm³/mol. The topological polar surface area (TPSA) is 98.3 Å². The van der Waals surface area contributed by atoms with Gasteiger partial charge in [0.25, 0.3) is 0 Å². The Bertz CT molecular complexity index is 1660. The number of fused-ring (bicyclic) bond motifs is 1. The second kappa shape index (κ2) is 9.38. The summed E-state index contributed by atoms with van der Waals surface area (Å²) in [7, 11) is -2.42. The van der Waals surface area contributed by atoms with Crippen molar-refractivity contribution in [1.29, 1.82) is 0 Å². The summed E-state index contributed by atoms with van der Waals surface area (Å²) in [4.78, 5) is 16.8. The maximum atomic E-state index is 13.2. The van der Waals surface area contributed by atoms with Crippen molar-refractivity contribution in [3.8, 4) is 11.4 Å². The molecule has 0 fully saturated rings. The minimum absolute atomic E-state index is 0.0789. The van der Waals surface area contributed by atoms with E-state index < -0.39 is 10.0 Å². The summed E-state index contributed by atoms with van der Waals surface area (Å²) in [5, 5.41) is 4.55. The van der Waals surface area contributed by atoms with Gasteiger partial charge in [0.2, 0.25) is 21.7 Å². The average Bonchev–Trinajstić information content (AvgIpc) is 3.44. The van der Waals surface area contributed by atoms with Gasteiger partial charge < -0.3 is 4.52 Å². The van der Waals surface area contributed by atoms with Crippen molar-refractivity contribution in [3.05, 3.63) is 98.9 Å². The van der Waals surface area contributed by atoms with Crippen molar-refractivity contribution in [2.45, 2.75) is 18.0 Å². The maximum Gasteiger partial charge on any atom is 0.308 e. The quantitative estimate of drug-likeness (QED) is 0.306. The average molecular weight is 527 g/mol. The second-order valence-corrected chi connectivity index (χ2v) is 11.3. The summed E-state index contributed by atoms with van der Waals surface area (Å²) in [6.45, 7) is 0.275. The molecule has 0 aliphatic heterocycles. The van der Waals surface area contributed by atoms with Crippen LogP contribution in [0.15, 0.2) is 87.0 Å². The van der Waals surface area contributed by atoms with Crippen molar-refractivity contribution in [2.75, 3.05) is 7.05 Å². The molecular weight excluding hydrogens is 508 g/mol. The third-order valence-corrected chi connectivity index (χ3v) is 8.45. The van der Waals surface area contributed by atoms with Gasteiger partial charge in [-0.15, -0.1) is 0 Å². The molecule has 35 heavy (non-hydrogen) atoms. The highest BCUT2D eigenvalue weighted by atomic mass is 35.5. The van der Waals surface area contributed by atoms with Crippen molar-refractivity contribution in [3.63, 3.8) is 0 Å². The predicted octanol–water partition coefficient (Wildman–Crippen LogP) is 4.64. The Morgan fingerprint density at radius 1 is 1.06 bits per heavy atom. The van der Waals surface area contributed by atoms with Gasteiger partial charge in [-0.3, -0.25) is 9.36 Å². The number of thiazole rings is 1. The molecule has 3 aromatic carbocycles. The first kappa shape index (κ1) is 23.4. The van der Waals surface area contributed by atoms with Gasteiger partial charge >= 0.3 is 4.87 Å². The molecule has 0 N–H and O–H groups in total. The molecule has 0 aliphatic carbocycles. The second-order valence-electron chi connectivity index (χ2n) is 7.85. The Kier molecular flexibility index (Phi) is 6.28. The minimum Gasteiger partial charge on any atom is -0.338 e. The summed E-state index contributed by atoms with van der Waals surface area (Å²) in [5.74, 6) is 0.564. The van der Waals surface area contributed by atoms with E-state index in [4.69, 9.17) is 16.1 Å². The lowest BCUT2D eigenvalue weighted by Gasteiger charge is -2.15. The van der Waals surface area contributed by atoms with Gasteiger partial charge in [-0.2, -0.15) is 9.29 Å². The smallest absolute Gasteiger partial charge is 0.308 e. The Morgan fingerprint density at radius 3 is 2.54 bits per heavy atom. The summed E-state index contributed by atoms with van der Waals surface area (Å²) in [5.41, 5.74) is 2.36. The van der Waals surface area contributed by atoms with E-state index in [0.717, 1.165) is 26.8 Å². The summed E-state index contributed by atoms with van der Waals surface area (Å²) < 4.78 is 35.0. The van der Waals surface area contributed by atoms with Gasteiger partial charge in [0.1, 0.15) is 0 Å². The van der Waals surface area contributed by atoms with Crippen molar-refractivity contribution in [1.82, 2.24) is 19.0 Å². The van der Waals surface area contributed by atoms with Crippen LogP contribution in [0.4, 0.5) is 0 Å². The van der Waals surface area contributed by atoms with E-state index in [2.05, 4.69) is 10.1 Å². The van der Waals surface area contributed by atoms with Crippen molar-refractivity contribution in [2.24, 2.45) is 0 Å². The Balaban J connectivity index is 1.38. The summed E-state index contributed by atoms with van der Waals surface area (Å²) in [6, 6.07) is 21.2. The van der Waals surface area contributed by atoms with Crippen LogP contribution >= 0.6 is 22.9 Å². The fourth-order valence-electron chi connectivity index (χ4n) is 3.61. The van der Waals surface area contributed by atoms with Crippen LogP contribution in [0.25, 0.3) is 21.6 Å². The monoisotopic (exact) mass is 526 g/mol. The molecule has 11 heteroatoms. The lowest BCUT2D eigenvalue weighted by atomic mass is 10.2. The summed E-state index contributed by atoms with van der Waals surface area (Å²) >= 11 is 6.95. The zero-order chi connectivity index (χ0) is 24.6. The molecule has 5 aromatic rings. The van der Waals surface area contributed by atoms with Gasteiger partial charge in [0, 0.05) is 17.6 Å². The fraction of sp³-hybridized carbons (Fsp3) is 0.125. The largest absolute Gasteiger partial charge is 0.338 e. The van der Waals surface area contributed by atoms with Crippen LogP contribution in [-0.4, -0.2) is 34.5 Å². The highest BCUT2D eigenvalue weighted by Gasteiger charge is 2.24. The molecule has 2 aromatic heterocycles. The molecule has 0 saturated heterocycles. The Hall–Kier alpha value is -3.31. The van der Waals surface area contributed by atoms with Gasteiger partial charge in [-0.25, -0.2) is 8.42 Å². The molecule has 0 aliphatic rings. The van der Waals surface area contributed by atoms with Crippen LogP contribution in [-0.2, 0) is 23.1 Å². The van der Waals surface area contributed by atoms with Crippen LogP contribution < -0.4 is 4.87 Å². The Labute approximate surface area is 210 Å². The molecule has 0 bridgehead atoms. The van der Waals surface area contributed by atoms with Crippen molar-refractivity contribution >= 4 is 43.2 Å². The number of hydrogen-bond donors (Lipinski definition) is 0. The van der Waals surface area contributed by atoms with Gasteiger partial charge in [-0.05, 0) is 35.9 Å². The van der Waals surface area contributed by atoms with Crippen LogP contribution in [0.1, 0.15) is 11.5 Å². The summed E-state index contributed by atoms with van der Waals surface area (Å²) in [6.07, 6.45) is 0. The maximum absolute atomic E-state index is 13.2. The molecule has 5 rings (SSSR count). The van der Waals surface area contributed by atoms with Gasteiger partial charge in [-0.1, -0.05) is 70.6 Å². The molecular formula is C24H19ClN4O4S2. The van der Waals surface area contributed by atoms with Crippen LogP contribution in [0.5, 0.6) is 0 Å². The van der Waals surface area contributed by atoms with E-state index in [1.807, 2.05) is 42.5 Å². The number of hydrogen-bond acceptors (Lipinski definition) is 7. The van der Waals surface area contributed by atoms with Crippen LogP contribution in [0.2, 0.25) is 5.02 Å². The number of benzene rings is 3. The van der Waals surface area contributed by atoms with Gasteiger partial charge in [0.15, 0.2) is 0 Å². The number of aromatic nitrogens is 3. The number of sulfonamides is 1. The third kappa shape index (κ3) is 4.78. The highest BCUT2D eigenvalue weighted by Crippen LogP contribution is 2.25. The molecule has 178 valence electrons. The first-order valence-electron chi connectivity index (χ1n) is 10.5. The molecule has 0 saturated carbocycles. The molecule has 0 atom stereocenters. The zero-order valence-electron chi connectivity index (χ0n) is 18.5. The number of nitrogens with zero attached hydrogens (tertiary/aromatic N) is 4. The van der Waals surface area contributed by atoms with Crippen molar-refractivity contribution < 1.29 is 12.9 Å². The SMILES string of the molecule is CN(Cc1nc(-c2ccccc2)no1)S(=O)(=O)c1ccc2c(c1)sc(=O)n2Cc1ccc(Cl)cc1. The first-order valence-corrected chi connectivity index (χ1v) is 13.2. The van der Waals surface area contributed by atoms with Crippen LogP contribution in [0.3, 0.4) is 0 Å². The highest BCUT2D eigenvalue weighted by molar-refractivity contribution is 7.89. The molecule has 0 spiro atoms. The Morgan fingerprint density at radius 2 is 1.80 bits per heavy atom. The lowest BCUT2D eigenvalue weighted by Crippen LogP contribution is -2.26. The van der Waals surface area contributed by atoms with E-state index >= 15 is 0 Å². The molecule has 0 unspecified atom stereocenters. The molecule has 8 nitrogen and oxygen atoms in total. The lowest BCUT2D eigenvalue weighted by molar-refractivity contribution is 0.337. The van der Waals surface area contributed by atoms with Gasteiger partial charge in [0.05, 0.1) is 28.2 Å². The normalized spacial score (nSPS) is 12.0. The van der Waals surface area contributed by atoms with Crippen LogP contribution in [0, 0.1) is 0 Å². The van der Waals surface area contributed by atoms with E-state index in [1.165, 1.54) is 19.2 Å². The minimum atomic E-state index is -3.86. The van der Waals surface area contributed by atoms with E-state index in [-0.39, 0.29) is 22.2 Å². The third-order valence-electron chi connectivity index (χ3n) is 5.46. The zero-order valence-corrected chi connectivity index (χ0v) is 20.8. The molecule has 0 radical (unpaired) electrons.